The van der Waals surface area contributed by atoms with E-state index in [2.05, 4.69) is 18.7 Å². The first-order valence-corrected chi connectivity index (χ1v) is 5.12. The van der Waals surface area contributed by atoms with Crippen molar-refractivity contribution in [2.24, 2.45) is 11.7 Å². The zero-order valence-electron chi connectivity index (χ0n) is 8.88. The van der Waals surface area contributed by atoms with E-state index in [4.69, 9.17) is 11.1 Å². The Morgan fingerprint density at radius 1 is 1.46 bits per heavy atom. The largest absolute Gasteiger partial charge is 0.386 e. The van der Waals surface area contributed by atoms with Crippen molar-refractivity contribution in [1.82, 2.24) is 4.90 Å². The van der Waals surface area contributed by atoms with Gasteiger partial charge in [0.05, 0.1) is 6.04 Å². The lowest BCUT2D eigenvalue weighted by atomic mass is 10.2. The van der Waals surface area contributed by atoms with Gasteiger partial charge in [0.1, 0.15) is 5.84 Å². The number of rotatable bonds is 5. The molecule has 0 amide bonds. The molecule has 0 spiro atoms. The molecule has 1 atom stereocenters. The third-order valence-corrected chi connectivity index (χ3v) is 2.78. The summed E-state index contributed by atoms with van der Waals surface area (Å²) in [7, 11) is 0. The second kappa shape index (κ2) is 4.09. The van der Waals surface area contributed by atoms with Crippen LogP contribution in [0.15, 0.2) is 0 Å². The summed E-state index contributed by atoms with van der Waals surface area (Å²) in [4.78, 5) is 2.32. The van der Waals surface area contributed by atoms with Crippen LogP contribution in [0.5, 0.6) is 0 Å². The van der Waals surface area contributed by atoms with Gasteiger partial charge < -0.3 is 5.73 Å². The van der Waals surface area contributed by atoms with Crippen molar-refractivity contribution in [3.05, 3.63) is 0 Å². The fourth-order valence-corrected chi connectivity index (χ4v) is 1.59. The Morgan fingerprint density at radius 2 is 2.00 bits per heavy atom. The number of hydrogen-bond donors (Lipinski definition) is 2. The van der Waals surface area contributed by atoms with Crippen LogP contribution in [0, 0.1) is 11.3 Å². The SMILES string of the molecule is CC(C)N(CC1CC1)C(C)C(=N)N. The van der Waals surface area contributed by atoms with Gasteiger partial charge in [-0.05, 0) is 39.5 Å². The van der Waals surface area contributed by atoms with Crippen molar-refractivity contribution in [2.45, 2.75) is 45.7 Å². The van der Waals surface area contributed by atoms with Crippen molar-refractivity contribution in [3.63, 3.8) is 0 Å². The van der Waals surface area contributed by atoms with E-state index in [0.29, 0.717) is 6.04 Å². The summed E-state index contributed by atoms with van der Waals surface area (Å²) in [6, 6.07) is 0.583. The fraction of sp³-hybridized carbons (Fsp3) is 0.900. The highest BCUT2D eigenvalue weighted by atomic mass is 15.2. The highest BCUT2D eigenvalue weighted by molar-refractivity contribution is 5.82. The van der Waals surface area contributed by atoms with Gasteiger partial charge >= 0.3 is 0 Å². The van der Waals surface area contributed by atoms with Crippen LogP contribution < -0.4 is 5.73 Å². The molecular weight excluding hydrogens is 162 g/mol. The molecule has 0 radical (unpaired) electrons. The summed E-state index contributed by atoms with van der Waals surface area (Å²) in [5, 5.41) is 7.42. The van der Waals surface area contributed by atoms with Crippen molar-refractivity contribution in [2.75, 3.05) is 6.54 Å². The van der Waals surface area contributed by atoms with Gasteiger partial charge in [-0.15, -0.1) is 0 Å². The maximum Gasteiger partial charge on any atom is 0.108 e. The van der Waals surface area contributed by atoms with E-state index in [-0.39, 0.29) is 11.9 Å². The van der Waals surface area contributed by atoms with Crippen molar-refractivity contribution in [1.29, 1.82) is 5.41 Å². The smallest absolute Gasteiger partial charge is 0.108 e. The number of amidine groups is 1. The monoisotopic (exact) mass is 183 g/mol. The second-order valence-corrected chi connectivity index (χ2v) is 4.37. The fourth-order valence-electron chi connectivity index (χ4n) is 1.59. The number of nitrogens with two attached hydrogens (primary N) is 1. The van der Waals surface area contributed by atoms with E-state index in [1.165, 1.54) is 12.8 Å². The maximum atomic E-state index is 7.42. The number of nitrogens with one attached hydrogen (secondary N) is 1. The third kappa shape index (κ3) is 2.99. The molecule has 0 aromatic heterocycles. The van der Waals surface area contributed by atoms with Gasteiger partial charge in [-0.25, -0.2) is 0 Å². The van der Waals surface area contributed by atoms with E-state index in [0.717, 1.165) is 12.5 Å². The third-order valence-electron chi connectivity index (χ3n) is 2.78. The molecule has 0 aromatic carbocycles. The molecule has 0 saturated heterocycles. The van der Waals surface area contributed by atoms with Crippen molar-refractivity contribution in [3.8, 4) is 0 Å². The summed E-state index contributed by atoms with van der Waals surface area (Å²) >= 11 is 0. The van der Waals surface area contributed by atoms with Crippen molar-refractivity contribution < 1.29 is 0 Å². The minimum Gasteiger partial charge on any atom is -0.386 e. The molecule has 3 nitrogen and oxygen atoms in total. The molecule has 1 aliphatic carbocycles. The zero-order valence-corrected chi connectivity index (χ0v) is 8.88. The molecule has 1 unspecified atom stereocenters. The highest BCUT2D eigenvalue weighted by Crippen LogP contribution is 2.30. The highest BCUT2D eigenvalue weighted by Gasteiger charge is 2.28. The van der Waals surface area contributed by atoms with Gasteiger partial charge in [0, 0.05) is 12.6 Å². The van der Waals surface area contributed by atoms with E-state index in [9.17, 15) is 0 Å². The molecule has 13 heavy (non-hydrogen) atoms. The molecule has 1 rings (SSSR count). The van der Waals surface area contributed by atoms with Gasteiger partial charge in [-0.2, -0.15) is 0 Å². The summed E-state index contributed by atoms with van der Waals surface area (Å²) in [5.74, 6) is 1.15. The Labute approximate surface area is 80.8 Å². The first-order valence-electron chi connectivity index (χ1n) is 5.12. The van der Waals surface area contributed by atoms with Crippen LogP contribution in [0.1, 0.15) is 33.6 Å². The van der Waals surface area contributed by atoms with Crippen LogP contribution in [0.2, 0.25) is 0 Å². The zero-order chi connectivity index (χ0) is 10.0. The quantitative estimate of drug-likeness (QED) is 0.500. The summed E-state index contributed by atoms with van der Waals surface area (Å²) in [5.41, 5.74) is 5.51. The van der Waals surface area contributed by atoms with Gasteiger partial charge in [-0.3, -0.25) is 10.3 Å². The van der Waals surface area contributed by atoms with Gasteiger partial charge in [-0.1, -0.05) is 0 Å². The standard InChI is InChI=1S/C10H21N3/c1-7(2)13(6-9-4-5-9)8(3)10(11)12/h7-9H,4-6H2,1-3H3,(H3,11,12). The first-order chi connectivity index (χ1) is 6.02. The predicted molar refractivity (Wildman–Crippen MR) is 55.9 cm³/mol. The van der Waals surface area contributed by atoms with Crippen LogP contribution in [0.4, 0.5) is 0 Å². The number of nitrogens with zero attached hydrogens (tertiary/aromatic N) is 1. The minimum absolute atomic E-state index is 0.0978. The van der Waals surface area contributed by atoms with Gasteiger partial charge in [0.15, 0.2) is 0 Å². The van der Waals surface area contributed by atoms with Crippen LogP contribution in [0.25, 0.3) is 0 Å². The summed E-state index contributed by atoms with van der Waals surface area (Å²) in [6.07, 6.45) is 2.71. The van der Waals surface area contributed by atoms with Crippen LogP contribution in [0.3, 0.4) is 0 Å². The normalized spacial score (nSPS) is 19.5. The molecule has 0 heterocycles. The van der Waals surface area contributed by atoms with E-state index in [1.54, 1.807) is 0 Å². The van der Waals surface area contributed by atoms with Crippen molar-refractivity contribution >= 4 is 5.84 Å². The van der Waals surface area contributed by atoms with Crippen LogP contribution in [-0.2, 0) is 0 Å². The molecule has 3 heteroatoms. The Kier molecular flexibility index (Phi) is 3.31. The Hall–Kier alpha value is -0.570. The average molecular weight is 183 g/mol. The van der Waals surface area contributed by atoms with Crippen LogP contribution in [-0.4, -0.2) is 29.4 Å². The maximum absolute atomic E-state index is 7.42. The summed E-state index contributed by atoms with van der Waals surface area (Å²) < 4.78 is 0. The lowest BCUT2D eigenvalue weighted by Gasteiger charge is -2.31. The topological polar surface area (TPSA) is 53.1 Å². The van der Waals surface area contributed by atoms with E-state index < -0.39 is 0 Å². The minimum atomic E-state index is 0.0978. The summed E-state index contributed by atoms with van der Waals surface area (Å²) in [6.45, 7) is 7.47. The molecule has 0 aromatic rings. The average Bonchev–Trinajstić information content (AvgIpc) is 2.81. The Morgan fingerprint density at radius 3 is 2.31 bits per heavy atom. The molecule has 1 fully saturated rings. The second-order valence-electron chi connectivity index (χ2n) is 4.37. The van der Waals surface area contributed by atoms with E-state index >= 15 is 0 Å². The molecule has 0 bridgehead atoms. The molecular formula is C10H21N3. The Balaban J connectivity index is 2.48. The molecule has 76 valence electrons. The van der Waals surface area contributed by atoms with Gasteiger partial charge in [0.2, 0.25) is 0 Å². The molecule has 3 N–H and O–H groups in total. The molecule has 1 aliphatic rings. The van der Waals surface area contributed by atoms with Gasteiger partial charge in [0.25, 0.3) is 0 Å². The molecule has 0 aliphatic heterocycles. The lowest BCUT2D eigenvalue weighted by molar-refractivity contribution is 0.192. The first kappa shape index (κ1) is 10.5. The van der Waals surface area contributed by atoms with E-state index in [1.807, 2.05) is 6.92 Å². The van der Waals surface area contributed by atoms with Crippen LogP contribution >= 0.6 is 0 Å². The number of hydrogen-bond acceptors (Lipinski definition) is 2. The molecule has 1 saturated carbocycles. The lowest BCUT2D eigenvalue weighted by Crippen LogP contribution is -2.46. The predicted octanol–water partition coefficient (Wildman–Crippen LogP) is 1.43. The Bertz CT molecular complexity index is 185.